The van der Waals surface area contributed by atoms with Crippen LogP contribution in [0, 0.1) is 0 Å². The second-order valence-corrected chi connectivity index (χ2v) is 3.88. The van der Waals surface area contributed by atoms with E-state index in [1.807, 2.05) is 18.2 Å². The molecule has 2 aromatic rings. The molecule has 0 unspecified atom stereocenters. The average Bonchev–Trinajstić information content (AvgIpc) is 2.38. The first-order valence-electron chi connectivity index (χ1n) is 5.55. The van der Waals surface area contributed by atoms with E-state index in [1.54, 1.807) is 13.2 Å². The van der Waals surface area contributed by atoms with Gasteiger partial charge in [0.2, 0.25) is 5.82 Å². The summed E-state index contributed by atoms with van der Waals surface area (Å²) >= 11 is 0. The number of rotatable bonds is 4. The van der Waals surface area contributed by atoms with Crippen LogP contribution in [0.4, 0.5) is 0 Å². The Balaban J connectivity index is 2.38. The predicted octanol–water partition coefficient (Wildman–Crippen LogP) is 1.07. The van der Waals surface area contributed by atoms with Gasteiger partial charge in [-0.3, -0.25) is 4.79 Å². The minimum absolute atomic E-state index is 0.328. The third-order valence-corrected chi connectivity index (χ3v) is 2.56. The zero-order valence-corrected chi connectivity index (χ0v) is 10.2. The molecular formula is C13H12N2O4. The number of aromatic carboxylic acids is 1. The van der Waals surface area contributed by atoms with Gasteiger partial charge < -0.3 is 14.8 Å². The zero-order chi connectivity index (χ0) is 13.8. The third-order valence-electron chi connectivity index (χ3n) is 2.56. The number of carboxylic acids is 1. The second kappa shape index (κ2) is 5.34. The third kappa shape index (κ3) is 2.98. The van der Waals surface area contributed by atoms with E-state index >= 15 is 0 Å². The highest BCUT2D eigenvalue weighted by Gasteiger charge is 2.10. The van der Waals surface area contributed by atoms with E-state index in [2.05, 4.69) is 9.97 Å². The van der Waals surface area contributed by atoms with Crippen LogP contribution in [0.3, 0.4) is 0 Å². The lowest BCUT2D eigenvalue weighted by Gasteiger charge is -2.07. The van der Waals surface area contributed by atoms with Gasteiger partial charge in [-0.2, -0.15) is 0 Å². The van der Waals surface area contributed by atoms with Crippen LogP contribution in [-0.4, -0.2) is 28.2 Å². The Bertz CT molecular complexity index is 664. The molecule has 2 rings (SSSR count). The normalized spacial score (nSPS) is 10.2. The number of nitrogens with one attached hydrogen (secondary N) is 1. The van der Waals surface area contributed by atoms with E-state index in [-0.39, 0.29) is 5.82 Å². The number of aromatic nitrogens is 2. The monoisotopic (exact) mass is 260 g/mol. The highest BCUT2D eigenvalue weighted by molar-refractivity contribution is 5.82. The van der Waals surface area contributed by atoms with Crippen LogP contribution in [0.5, 0.6) is 5.75 Å². The summed E-state index contributed by atoms with van der Waals surface area (Å²) < 4.78 is 5.20. The van der Waals surface area contributed by atoms with Crippen LogP contribution < -0.4 is 10.3 Å². The van der Waals surface area contributed by atoms with Crippen LogP contribution in [-0.2, 0) is 6.42 Å². The van der Waals surface area contributed by atoms with Crippen LogP contribution in [0.1, 0.15) is 21.9 Å². The molecular weight excluding hydrogens is 248 g/mol. The van der Waals surface area contributed by atoms with E-state index in [0.717, 1.165) is 5.56 Å². The summed E-state index contributed by atoms with van der Waals surface area (Å²) in [5, 5.41) is 8.84. The van der Waals surface area contributed by atoms with Gasteiger partial charge in [0, 0.05) is 18.1 Å². The summed E-state index contributed by atoms with van der Waals surface area (Å²) in [5.74, 6) is -0.960. The molecule has 0 atom stereocenters. The summed E-state index contributed by atoms with van der Waals surface area (Å²) in [5.41, 5.74) is 0.724. The first kappa shape index (κ1) is 12.8. The molecule has 0 bridgehead atoms. The molecule has 0 aliphatic carbocycles. The number of methoxy groups -OCH3 is 1. The fourth-order valence-electron chi connectivity index (χ4n) is 1.74. The molecule has 0 amide bonds. The van der Waals surface area contributed by atoms with E-state index in [9.17, 15) is 9.59 Å². The number of H-pyrrole nitrogens is 1. The Morgan fingerprint density at radius 3 is 2.84 bits per heavy atom. The average molecular weight is 260 g/mol. The highest BCUT2D eigenvalue weighted by atomic mass is 16.5. The van der Waals surface area contributed by atoms with Crippen LogP contribution >= 0.6 is 0 Å². The SMILES string of the molecule is COc1ccccc1Cc1cc(=O)[nH]c(C(=O)O)n1. The largest absolute Gasteiger partial charge is 0.496 e. The molecule has 98 valence electrons. The maximum Gasteiger partial charge on any atom is 0.372 e. The Hall–Kier alpha value is -2.63. The first-order chi connectivity index (χ1) is 9.10. The molecule has 0 aliphatic rings. The fraction of sp³-hybridized carbons (Fsp3) is 0.154. The van der Waals surface area contributed by atoms with Gasteiger partial charge in [-0.25, -0.2) is 9.78 Å². The molecule has 0 aliphatic heterocycles. The molecule has 0 saturated carbocycles. The van der Waals surface area contributed by atoms with Gasteiger partial charge in [0.15, 0.2) is 0 Å². The summed E-state index contributed by atoms with van der Waals surface area (Å²) in [6.07, 6.45) is 0.328. The van der Waals surface area contributed by atoms with Crippen molar-refractivity contribution < 1.29 is 14.6 Å². The molecule has 6 heteroatoms. The minimum atomic E-state index is -1.26. The topological polar surface area (TPSA) is 92.3 Å². The lowest BCUT2D eigenvalue weighted by Crippen LogP contribution is -2.16. The Kier molecular flexibility index (Phi) is 3.61. The van der Waals surface area contributed by atoms with Crippen molar-refractivity contribution in [2.24, 2.45) is 0 Å². The predicted molar refractivity (Wildman–Crippen MR) is 67.6 cm³/mol. The Labute approximate surface area is 108 Å². The van der Waals surface area contributed by atoms with Crippen molar-refractivity contribution in [1.82, 2.24) is 9.97 Å². The molecule has 0 spiro atoms. The number of hydrogen-bond donors (Lipinski definition) is 2. The van der Waals surface area contributed by atoms with Crippen LogP contribution in [0.15, 0.2) is 35.1 Å². The van der Waals surface area contributed by atoms with E-state index in [1.165, 1.54) is 6.07 Å². The molecule has 1 aromatic carbocycles. The summed E-state index contributed by atoms with van der Waals surface area (Å²) in [6.45, 7) is 0. The van der Waals surface area contributed by atoms with Crippen molar-refractivity contribution in [1.29, 1.82) is 0 Å². The maximum absolute atomic E-state index is 11.4. The summed E-state index contributed by atoms with van der Waals surface area (Å²) in [4.78, 5) is 28.3. The zero-order valence-electron chi connectivity index (χ0n) is 10.2. The fourth-order valence-corrected chi connectivity index (χ4v) is 1.74. The number of carboxylic acid groups (broad SMARTS) is 1. The van der Waals surface area contributed by atoms with Gasteiger partial charge in [-0.05, 0) is 6.07 Å². The van der Waals surface area contributed by atoms with E-state index < -0.39 is 11.5 Å². The van der Waals surface area contributed by atoms with Crippen molar-refractivity contribution in [3.05, 3.63) is 57.8 Å². The lowest BCUT2D eigenvalue weighted by atomic mass is 10.1. The molecule has 2 N–H and O–H groups in total. The van der Waals surface area contributed by atoms with Gasteiger partial charge in [-0.1, -0.05) is 18.2 Å². The molecule has 0 radical (unpaired) electrons. The maximum atomic E-state index is 11.4. The molecule has 1 heterocycles. The lowest BCUT2D eigenvalue weighted by molar-refractivity contribution is 0.0682. The van der Waals surface area contributed by atoms with E-state index in [0.29, 0.717) is 17.9 Å². The number of aromatic amines is 1. The van der Waals surface area contributed by atoms with Crippen molar-refractivity contribution >= 4 is 5.97 Å². The standard InChI is InChI=1S/C13H12N2O4/c1-19-10-5-3-2-4-8(10)6-9-7-11(16)15-12(14-9)13(17)18/h2-5,7H,6H2,1H3,(H,17,18)(H,14,15,16). The summed E-state index contributed by atoms with van der Waals surface area (Å²) in [6, 6.07) is 8.57. The molecule has 0 fully saturated rings. The molecule has 6 nitrogen and oxygen atoms in total. The Morgan fingerprint density at radius 2 is 2.16 bits per heavy atom. The molecule has 0 saturated heterocycles. The quantitative estimate of drug-likeness (QED) is 0.857. The van der Waals surface area contributed by atoms with Crippen LogP contribution in [0.25, 0.3) is 0 Å². The second-order valence-electron chi connectivity index (χ2n) is 3.88. The van der Waals surface area contributed by atoms with Crippen molar-refractivity contribution in [3.8, 4) is 5.75 Å². The molecule has 19 heavy (non-hydrogen) atoms. The Morgan fingerprint density at radius 1 is 1.42 bits per heavy atom. The number of ether oxygens (including phenoxy) is 1. The van der Waals surface area contributed by atoms with Crippen molar-refractivity contribution in [2.45, 2.75) is 6.42 Å². The highest BCUT2D eigenvalue weighted by Crippen LogP contribution is 2.19. The van der Waals surface area contributed by atoms with Crippen molar-refractivity contribution in [2.75, 3.05) is 7.11 Å². The van der Waals surface area contributed by atoms with Gasteiger partial charge in [0.25, 0.3) is 5.56 Å². The number of nitrogens with zero attached hydrogens (tertiary/aromatic N) is 1. The van der Waals surface area contributed by atoms with Gasteiger partial charge >= 0.3 is 5.97 Å². The van der Waals surface area contributed by atoms with Crippen molar-refractivity contribution in [3.63, 3.8) is 0 Å². The first-order valence-corrected chi connectivity index (χ1v) is 5.55. The number of carbonyl (C=O) groups is 1. The smallest absolute Gasteiger partial charge is 0.372 e. The number of para-hydroxylation sites is 1. The van der Waals surface area contributed by atoms with Crippen LogP contribution in [0.2, 0.25) is 0 Å². The van der Waals surface area contributed by atoms with Gasteiger partial charge in [-0.15, -0.1) is 0 Å². The van der Waals surface area contributed by atoms with Gasteiger partial charge in [0.1, 0.15) is 5.75 Å². The minimum Gasteiger partial charge on any atom is -0.496 e. The number of hydrogen-bond acceptors (Lipinski definition) is 4. The summed E-state index contributed by atoms with van der Waals surface area (Å²) in [7, 11) is 1.55. The molecule has 1 aromatic heterocycles. The van der Waals surface area contributed by atoms with E-state index in [4.69, 9.17) is 9.84 Å². The number of benzene rings is 1. The van der Waals surface area contributed by atoms with Gasteiger partial charge in [0.05, 0.1) is 12.8 Å².